The van der Waals surface area contributed by atoms with Gasteiger partial charge in [-0.3, -0.25) is 9.59 Å². The molecule has 4 aliphatic rings. The number of rotatable bonds is 1. The predicted molar refractivity (Wildman–Crippen MR) is 87.3 cm³/mol. The minimum absolute atomic E-state index is 0.205. The lowest BCUT2D eigenvalue weighted by molar-refractivity contribution is -0.151. The van der Waals surface area contributed by atoms with Crippen molar-refractivity contribution in [1.82, 2.24) is 0 Å². The number of carbonyl (C=O) groups excluding carboxylic acids is 2. The fourth-order valence-corrected chi connectivity index (χ4v) is 10.9. The largest absolute Gasteiger partial charge is 0.393 e. The van der Waals surface area contributed by atoms with Gasteiger partial charge in [-0.1, -0.05) is 34.2 Å². The van der Waals surface area contributed by atoms with E-state index in [1.165, 1.54) is 38.5 Å². The molecule has 6 heteroatoms. The van der Waals surface area contributed by atoms with Gasteiger partial charge in [-0.15, -0.1) is 0 Å². The van der Waals surface area contributed by atoms with E-state index in [9.17, 15) is 9.59 Å². The van der Waals surface area contributed by atoms with Gasteiger partial charge in [0.1, 0.15) is 5.66 Å². The van der Waals surface area contributed by atoms with E-state index in [1.54, 1.807) is 0 Å². The SMILES string of the molecule is O=C1CC(P2(=P)OC3CCCCC3C3CCCCC32)C(=O)O1. The quantitative estimate of drug-likeness (QED) is 0.411. The number of hydrogen-bond acceptors (Lipinski definition) is 4. The number of carbonyl (C=O) groups is 2. The van der Waals surface area contributed by atoms with Gasteiger partial charge in [0, 0.05) is 12.4 Å². The van der Waals surface area contributed by atoms with Crippen LogP contribution in [0.5, 0.6) is 0 Å². The molecule has 0 amide bonds. The maximum Gasteiger partial charge on any atom is 0.324 e. The molecular weight excluding hydrogens is 318 g/mol. The molecule has 4 rings (SSSR count). The summed E-state index contributed by atoms with van der Waals surface area (Å²) < 4.78 is 11.5. The van der Waals surface area contributed by atoms with Crippen LogP contribution in [0, 0.1) is 11.8 Å². The highest BCUT2D eigenvalue weighted by Crippen LogP contribution is 2.73. The first-order chi connectivity index (χ1) is 10.6. The Balaban J connectivity index is 1.69. The van der Waals surface area contributed by atoms with Crippen molar-refractivity contribution < 1.29 is 18.8 Å². The maximum atomic E-state index is 12.2. The third-order valence-corrected chi connectivity index (χ3v) is 12.0. The second-order valence-electron chi connectivity index (χ2n) is 7.33. The first-order valence-corrected chi connectivity index (χ1v) is 11.8. The Morgan fingerprint density at radius 1 is 0.955 bits per heavy atom. The van der Waals surface area contributed by atoms with Crippen LogP contribution >= 0.6 is 15.3 Å². The maximum absolute atomic E-state index is 12.2. The summed E-state index contributed by atoms with van der Waals surface area (Å²) in [6.45, 7) is -2.12. The molecule has 2 heterocycles. The molecule has 22 heavy (non-hydrogen) atoms. The molecule has 6 unspecified atom stereocenters. The van der Waals surface area contributed by atoms with E-state index in [0.29, 0.717) is 17.5 Å². The highest BCUT2D eigenvalue weighted by atomic mass is 31.8. The second kappa shape index (κ2) is 5.72. The Hall–Kier alpha value is -0.170. The van der Waals surface area contributed by atoms with E-state index in [-0.39, 0.29) is 30.1 Å². The summed E-state index contributed by atoms with van der Waals surface area (Å²) in [5, 5.41) is 0. The van der Waals surface area contributed by atoms with Crippen LogP contribution in [0.3, 0.4) is 0 Å². The van der Waals surface area contributed by atoms with Crippen molar-refractivity contribution in [2.75, 3.05) is 0 Å². The van der Waals surface area contributed by atoms with Gasteiger partial charge >= 0.3 is 11.9 Å². The van der Waals surface area contributed by atoms with Crippen molar-refractivity contribution >= 4 is 27.2 Å². The zero-order chi connectivity index (χ0) is 15.3. The van der Waals surface area contributed by atoms with Gasteiger partial charge in [0.2, 0.25) is 0 Å². The first-order valence-electron chi connectivity index (χ1n) is 8.66. The van der Waals surface area contributed by atoms with Crippen molar-refractivity contribution in [2.24, 2.45) is 11.8 Å². The van der Waals surface area contributed by atoms with Crippen molar-refractivity contribution in [3.05, 3.63) is 0 Å². The zero-order valence-electron chi connectivity index (χ0n) is 12.8. The molecule has 2 aliphatic heterocycles. The van der Waals surface area contributed by atoms with Crippen LogP contribution in [0.2, 0.25) is 0 Å². The van der Waals surface area contributed by atoms with Crippen molar-refractivity contribution in [1.29, 1.82) is 0 Å². The van der Waals surface area contributed by atoms with E-state index < -0.39 is 6.78 Å². The molecule has 0 aromatic rings. The monoisotopic (exact) mass is 342 g/mol. The number of fused-ring (bicyclic) bond motifs is 3. The Labute approximate surface area is 133 Å². The van der Waals surface area contributed by atoms with E-state index >= 15 is 0 Å². The highest BCUT2D eigenvalue weighted by molar-refractivity contribution is 7.97. The zero-order valence-corrected chi connectivity index (χ0v) is 14.7. The molecule has 122 valence electrons. The predicted octanol–water partition coefficient (Wildman–Crippen LogP) is 3.97. The molecule has 0 bridgehead atoms. The van der Waals surface area contributed by atoms with Crippen molar-refractivity contribution in [3.8, 4) is 0 Å². The van der Waals surface area contributed by atoms with Gasteiger partial charge in [-0.25, -0.2) is 0 Å². The Bertz CT molecular complexity index is 546. The van der Waals surface area contributed by atoms with Crippen LogP contribution in [0.25, 0.3) is 0 Å². The molecule has 6 atom stereocenters. The number of hydrogen-bond donors (Lipinski definition) is 0. The number of esters is 2. The molecule has 2 saturated heterocycles. The summed E-state index contributed by atoms with van der Waals surface area (Å²) >= 11 is 0. The molecule has 0 spiro atoms. The molecule has 0 radical (unpaired) electrons. The molecule has 0 aromatic carbocycles. The topological polar surface area (TPSA) is 52.6 Å². The van der Waals surface area contributed by atoms with Gasteiger partial charge in [0.15, 0.2) is 0 Å². The second-order valence-corrected chi connectivity index (χ2v) is 12.3. The van der Waals surface area contributed by atoms with Crippen molar-refractivity contribution in [2.45, 2.75) is 75.2 Å². The van der Waals surface area contributed by atoms with E-state index in [0.717, 1.165) is 12.8 Å². The third-order valence-electron chi connectivity index (χ3n) is 6.20. The molecule has 2 aliphatic carbocycles. The average molecular weight is 342 g/mol. The van der Waals surface area contributed by atoms with Crippen molar-refractivity contribution in [3.63, 3.8) is 0 Å². The van der Waals surface area contributed by atoms with Gasteiger partial charge < -0.3 is 9.26 Å². The van der Waals surface area contributed by atoms with Crippen LogP contribution < -0.4 is 0 Å². The van der Waals surface area contributed by atoms with Gasteiger partial charge in [-0.2, -0.15) is 0 Å². The molecular formula is C16H24O4P2. The average Bonchev–Trinajstić information content (AvgIpc) is 2.87. The standard InChI is InChI=1S/C16H24O4P2/c17-15-9-14(16(18)19-15)22(21)13-8-4-2-6-11(13)10-5-1-3-7-12(10)20-22/h10-14,21H,1-9H2. The Morgan fingerprint density at radius 3 is 2.36 bits per heavy atom. The Morgan fingerprint density at radius 2 is 1.64 bits per heavy atom. The summed E-state index contributed by atoms with van der Waals surface area (Å²) in [6.07, 6.45) is 10.3. The van der Waals surface area contributed by atoms with E-state index in [4.69, 9.17) is 9.26 Å². The minimum atomic E-state index is -2.12. The third kappa shape index (κ3) is 2.34. The minimum Gasteiger partial charge on any atom is -0.393 e. The van der Waals surface area contributed by atoms with Gasteiger partial charge in [-0.05, 0) is 37.5 Å². The van der Waals surface area contributed by atoms with Crippen LogP contribution in [0.4, 0.5) is 0 Å². The summed E-state index contributed by atoms with van der Waals surface area (Å²) in [7, 11) is 3.99. The van der Waals surface area contributed by atoms with Crippen LogP contribution in [-0.4, -0.2) is 29.4 Å². The fourth-order valence-electron chi connectivity index (χ4n) is 5.22. The van der Waals surface area contributed by atoms with Crippen LogP contribution in [0.1, 0.15) is 57.8 Å². The molecule has 4 fully saturated rings. The number of cyclic esters (lactones) is 2. The van der Waals surface area contributed by atoms with E-state index in [2.05, 4.69) is 8.53 Å². The molecule has 0 N–H and O–H groups in total. The number of ether oxygens (including phenoxy) is 1. The highest BCUT2D eigenvalue weighted by Gasteiger charge is 2.55. The van der Waals surface area contributed by atoms with Crippen LogP contribution in [0.15, 0.2) is 0 Å². The Kier molecular flexibility index (Phi) is 4.00. The fraction of sp³-hybridized carbons (Fsp3) is 0.875. The van der Waals surface area contributed by atoms with E-state index in [1.807, 2.05) is 0 Å². The lowest BCUT2D eigenvalue weighted by Crippen LogP contribution is -2.47. The van der Waals surface area contributed by atoms with Crippen LogP contribution in [-0.2, 0) is 18.8 Å². The molecule has 4 nitrogen and oxygen atoms in total. The van der Waals surface area contributed by atoms with Gasteiger partial charge in [0.05, 0.1) is 12.5 Å². The van der Waals surface area contributed by atoms with Gasteiger partial charge in [0.25, 0.3) is 0 Å². The summed E-state index contributed by atoms with van der Waals surface area (Å²) in [5.74, 6) is 0.597. The molecule has 2 saturated carbocycles. The smallest absolute Gasteiger partial charge is 0.324 e. The molecule has 0 aromatic heterocycles. The lowest BCUT2D eigenvalue weighted by atomic mass is 9.71. The normalized spacial score (nSPS) is 48.5. The summed E-state index contributed by atoms with van der Waals surface area (Å²) in [6, 6.07) is 0. The summed E-state index contributed by atoms with van der Waals surface area (Å²) in [5.41, 5.74) is 0.0610. The first kappa shape index (κ1) is 15.4. The lowest BCUT2D eigenvalue weighted by Gasteiger charge is -2.54. The summed E-state index contributed by atoms with van der Waals surface area (Å²) in [4.78, 5) is 23.8.